The van der Waals surface area contributed by atoms with Gasteiger partial charge in [0.1, 0.15) is 10.3 Å². The van der Waals surface area contributed by atoms with Gasteiger partial charge in [0.2, 0.25) is 0 Å². The number of H-pyrrole nitrogens is 1. The first-order valence-corrected chi connectivity index (χ1v) is 6.71. The van der Waals surface area contributed by atoms with Gasteiger partial charge in [-0.25, -0.2) is 18.2 Å². The van der Waals surface area contributed by atoms with Crippen LogP contribution in [0.1, 0.15) is 24.5 Å². The summed E-state index contributed by atoms with van der Waals surface area (Å²) in [5.74, 6) is -3.98. The summed E-state index contributed by atoms with van der Waals surface area (Å²) < 4.78 is 39.7. The van der Waals surface area contributed by atoms with Crippen molar-refractivity contribution in [1.29, 1.82) is 0 Å². The number of hydrogen-bond acceptors (Lipinski definition) is 2. The summed E-state index contributed by atoms with van der Waals surface area (Å²) in [4.78, 5) is 18.4. The topological polar surface area (TPSA) is 45.8 Å². The Morgan fingerprint density at radius 2 is 1.80 bits per heavy atom. The molecule has 0 bridgehead atoms. The second-order valence-corrected chi connectivity index (χ2v) is 5.43. The number of nitrogens with one attached hydrogen (secondary N) is 1. The van der Waals surface area contributed by atoms with Crippen LogP contribution in [0.15, 0.2) is 21.4 Å². The van der Waals surface area contributed by atoms with Crippen LogP contribution in [0, 0.1) is 17.5 Å². The van der Waals surface area contributed by atoms with Crippen molar-refractivity contribution in [3.05, 3.63) is 50.1 Å². The predicted octanol–water partition coefficient (Wildman–Crippen LogP) is 3.49. The first-order valence-electron chi connectivity index (χ1n) is 5.92. The minimum Gasteiger partial charge on any atom is -0.306 e. The number of rotatable bonds is 2. The van der Waals surface area contributed by atoms with Crippen LogP contribution in [-0.4, -0.2) is 9.97 Å². The van der Waals surface area contributed by atoms with Gasteiger partial charge in [-0.1, -0.05) is 0 Å². The first kappa shape index (κ1) is 13.4. The van der Waals surface area contributed by atoms with Gasteiger partial charge in [0.15, 0.2) is 17.5 Å². The zero-order valence-corrected chi connectivity index (χ0v) is 11.6. The predicted molar refractivity (Wildman–Crippen MR) is 69.8 cm³/mol. The number of nitrogens with zero attached hydrogens (tertiary/aromatic N) is 1. The van der Waals surface area contributed by atoms with Crippen molar-refractivity contribution in [2.24, 2.45) is 0 Å². The maximum Gasteiger partial charge on any atom is 0.265 e. The molecule has 1 aliphatic carbocycles. The van der Waals surface area contributed by atoms with Crippen molar-refractivity contribution >= 4 is 15.9 Å². The molecule has 1 saturated carbocycles. The lowest BCUT2D eigenvalue weighted by molar-refractivity contribution is 0.447. The van der Waals surface area contributed by atoms with E-state index in [2.05, 4.69) is 25.9 Å². The highest BCUT2D eigenvalue weighted by atomic mass is 79.9. The SMILES string of the molecule is O=c1[nH]c(-c2cc(F)c(F)c(F)c2)nc(C2CC2)c1Br. The molecule has 2 aromatic rings. The number of aromatic amines is 1. The Labute approximate surface area is 120 Å². The van der Waals surface area contributed by atoms with E-state index >= 15 is 0 Å². The van der Waals surface area contributed by atoms with Crippen molar-refractivity contribution in [2.75, 3.05) is 0 Å². The molecule has 7 heteroatoms. The molecule has 104 valence electrons. The van der Waals surface area contributed by atoms with Crippen molar-refractivity contribution in [3.8, 4) is 11.4 Å². The fraction of sp³-hybridized carbons (Fsp3) is 0.231. The van der Waals surface area contributed by atoms with Crippen molar-refractivity contribution in [3.63, 3.8) is 0 Å². The molecule has 20 heavy (non-hydrogen) atoms. The average molecular weight is 345 g/mol. The van der Waals surface area contributed by atoms with E-state index in [4.69, 9.17) is 0 Å². The van der Waals surface area contributed by atoms with E-state index in [0.29, 0.717) is 10.2 Å². The third-order valence-electron chi connectivity index (χ3n) is 3.11. The van der Waals surface area contributed by atoms with E-state index in [1.807, 2.05) is 0 Å². The molecule has 0 unspecified atom stereocenters. The van der Waals surface area contributed by atoms with E-state index in [1.165, 1.54) is 0 Å². The summed E-state index contributed by atoms with van der Waals surface area (Å²) in [6.07, 6.45) is 1.83. The monoisotopic (exact) mass is 344 g/mol. The smallest absolute Gasteiger partial charge is 0.265 e. The van der Waals surface area contributed by atoms with Crippen LogP contribution in [0.3, 0.4) is 0 Å². The fourth-order valence-corrected chi connectivity index (χ4v) is 2.44. The van der Waals surface area contributed by atoms with Gasteiger partial charge < -0.3 is 4.98 Å². The van der Waals surface area contributed by atoms with Crippen LogP contribution < -0.4 is 5.56 Å². The Morgan fingerprint density at radius 1 is 1.20 bits per heavy atom. The maximum absolute atomic E-state index is 13.2. The van der Waals surface area contributed by atoms with Gasteiger partial charge in [0, 0.05) is 11.5 Å². The van der Waals surface area contributed by atoms with Gasteiger partial charge in [-0.05, 0) is 40.9 Å². The average Bonchev–Trinajstić information content (AvgIpc) is 3.22. The highest BCUT2D eigenvalue weighted by Gasteiger charge is 2.29. The van der Waals surface area contributed by atoms with Crippen LogP contribution in [0.4, 0.5) is 13.2 Å². The normalized spacial score (nSPS) is 14.6. The van der Waals surface area contributed by atoms with E-state index in [0.717, 1.165) is 25.0 Å². The zero-order valence-electron chi connectivity index (χ0n) is 10.0. The molecule has 1 aromatic carbocycles. The van der Waals surface area contributed by atoms with Crippen LogP contribution in [0.5, 0.6) is 0 Å². The summed E-state index contributed by atoms with van der Waals surface area (Å²) >= 11 is 3.15. The summed E-state index contributed by atoms with van der Waals surface area (Å²) in [6, 6.07) is 1.61. The maximum atomic E-state index is 13.2. The Kier molecular flexibility index (Phi) is 3.16. The summed E-state index contributed by atoms with van der Waals surface area (Å²) in [5, 5.41) is 0. The Hall–Kier alpha value is -1.63. The molecule has 3 nitrogen and oxygen atoms in total. The lowest BCUT2D eigenvalue weighted by atomic mass is 10.2. The molecule has 1 heterocycles. The Morgan fingerprint density at radius 3 is 2.35 bits per heavy atom. The van der Waals surface area contributed by atoms with Gasteiger partial charge in [0.25, 0.3) is 5.56 Å². The molecule has 0 amide bonds. The number of aromatic nitrogens is 2. The molecule has 0 saturated heterocycles. The van der Waals surface area contributed by atoms with Gasteiger partial charge in [-0.2, -0.15) is 0 Å². The Bertz CT molecular complexity index is 733. The van der Waals surface area contributed by atoms with Gasteiger partial charge in [-0.3, -0.25) is 4.79 Å². The summed E-state index contributed by atoms with van der Waals surface area (Å²) in [5.41, 5.74) is 0.129. The molecular formula is C13H8BrF3N2O. The van der Waals surface area contributed by atoms with E-state index < -0.39 is 23.0 Å². The summed E-state index contributed by atoms with van der Waals surface area (Å²) in [6.45, 7) is 0. The molecule has 0 spiro atoms. The lowest BCUT2D eigenvalue weighted by Gasteiger charge is -2.07. The molecule has 1 N–H and O–H groups in total. The van der Waals surface area contributed by atoms with Crippen LogP contribution in [0.2, 0.25) is 0 Å². The second-order valence-electron chi connectivity index (χ2n) is 4.64. The van der Waals surface area contributed by atoms with E-state index in [1.54, 1.807) is 0 Å². The van der Waals surface area contributed by atoms with Crippen LogP contribution in [0.25, 0.3) is 11.4 Å². The standard InChI is InChI=1S/C13H8BrF3N2O/c14-9-11(5-1-2-5)18-12(19-13(9)20)6-3-7(15)10(17)8(16)4-6/h3-5H,1-2H2,(H,18,19,20). The highest BCUT2D eigenvalue weighted by molar-refractivity contribution is 9.10. The van der Waals surface area contributed by atoms with Gasteiger partial charge in [-0.15, -0.1) is 0 Å². The molecule has 0 aliphatic heterocycles. The van der Waals surface area contributed by atoms with Crippen molar-refractivity contribution < 1.29 is 13.2 Å². The Balaban J connectivity index is 2.17. The molecular weight excluding hydrogens is 337 g/mol. The third-order valence-corrected chi connectivity index (χ3v) is 3.88. The quantitative estimate of drug-likeness (QED) is 0.847. The second kappa shape index (κ2) is 4.73. The first-order chi connectivity index (χ1) is 9.47. The van der Waals surface area contributed by atoms with Crippen LogP contribution >= 0.6 is 15.9 Å². The van der Waals surface area contributed by atoms with Gasteiger partial charge >= 0.3 is 0 Å². The molecule has 0 radical (unpaired) electrons. The third kappa shape index (κ3) is 2.26. The summed E-state index contributed by atoms with van der Waals surface area (Å²) in [7, 11) is 0. The van der Waals surface area contributed by atoms with Crippen molar-refractivity contribution in [2.45, 2.75) is 18.8 Å². The zero-order chi connectivity index (χ0) is 14.4. The van der Waals surface area contributed by atoms with Crippen LogP contribution in [-0.2, 0) is 0 Å². The largest absolute Gasteiger partial charge is 0.306 e. The van der Waals surface area contributed by atoms with Crippen molar-refractivity contribution in [1.82, 2.24) is 9.97 Å². The minimum atomic E-state index is -1.55. The van der Waals surface area contributed by atoms with E-state index in [9.17, 15) is 18.0 Å². The fourth-order valence-electron chi connectivity index (χ4n) is 1.93. The molecule has 1 aliphatic rings. The highest BCUT2D eigenvalue weighted by Crippen LogP contribution is 2.41. The molecule has 1 fully saturated rings. The number of benzene rings is 1. The molecule has 1 aromatic heterocycles. The number of hydrogen-bond donors (Lipinski definition) is 1. The van der Waals surface area contributed by atoms with E-state index in [-0.39, 0.29) is 17.3 Å². The molecule has 0 atom stereocenters. The number of halogens is 4. The molecule has 3 rings (SSSR count). The van der Waals surface area contributed by atoms with Gasteiger partial charge in [0.05, 0.1) is 5.69 Å². The lowest BCUT2D eigenvalue weighted by Crippen LogP contribution is -2.13. The minimum absolute atomic E-state index is 0.00657.